The van der Waals surface area contributed by atoms with Gasteiger partial charge in [0.05, 0.1) is 51.1 Å². The van der Waals surface area contributed by atoms with Gasteiger partial charge in [-0.05, 0) is 108 Å². The van der Waals surface area contributed by atoms with Gasteiger partial charge in [-0.1, -0.05) is 133 Å². The number of methoxy groups -OCH3 is 2. The zero-order valence-electron chi connectivity index (χ0n) is 46.7. The first-order valence-electron chi connectivity index (χ1n) is 27.3. The molecule has 428 valence electrons. The van der Waals surface area contributed by atoms with Crippen molar-refractivity contribution in [3.05, 3.63) is 47.1 Å². The summed E-state index contributed by atoms with van der Waals surface area (Å²) >= 11 is 0. The highest BCUT2D eigenvalue weighted by atomic mass is 16.7. The first-order valence-corrected chi connectivity index (χ1v) is 27.3. The van der Waals surface area contributed by atoms with Gasteiger partial charge < -0.3 is 47.7 Å². The molecule has 0 amide bonds. The molecule has 1 saturated carbocycles. The van der Waals surface area contributed by atoms with Crippen molar-refractivity contribution in [3.63, 3.8) is 0 Å². The minimum atomic E-state index is -0.635. The number of rotatable bonds is 13. The Hall–Kier alpha value is -2.20. The van der Waals surface area contributed by atoms with Crippen LogP contribution in [0.2, 0.25) is 6.82 Å². The van der Waals surface area contributed by atoms with Crippen LogP contribution in [0.25, 0.3) is 0 Å². The molecule has 0 aromatic carbocycles. The van der Waals surface area contributed by atoms with Gasteiger partial charge in [0.15, 0.2) is 17.9 Å². The first-order chi connectivity index (χ1) is 34.0. The molecule has 13 atom stereocenters. The molecule has 6 fully saturated rings. The van der Waals surface area contributed by atoms with E-state index in [4.69, 9.17) is 47.7 Å². The second-order valence-electron chi connectivity index (χ2n) is 18.7. The number of hydrogen-bond acceptors (Lipinski definition) is 12. The number of carbonyl (C=O) groups is 2. The summed E-state index contributed by atoms with van der Waals surface area (Å²) in [6.07, 6.45) is 26.6. The highest BCUT2D eigenvalue weighted by molar-refractivity contribution is 6.05. The fraction of sp³-hybridized carbons (Fsp3) is 0.833. The largest absolute Gasteiger partial charge is 0.464 e. The van der Waals surface area contributed by atoms with Crippen LogP contribution in [-0.4, -0.2) is 127 Å². The summed E-state index contributed by atoms with van der Waals surface area (Å²) in [5.74, 6) is 0.851. The van der Waals surface area contributed by atoms with Crippen molar-refractivity contribution in [2.45, 2.75) is 275 Å². The van der Waals surface area contributed by atoms with Gasteiger partial charge in [-0.15, -0.1) is 0 Å². The fourth-order valence-corrected chi connectivity index (χ4v) is 10.6. The van der Waals surface area contributed by atoms with Crippen LogP contribution in [0.15, 0.2) is 47.1 Å². The lowest BCUT2D eigenvalue weighted by molar-refractivity contribution is -0.341. The number of fused-ring (bicyclic) bond motifs is 1. The number of ether oxygens (including phenoxy) is 9. The average molecular weight is 1040 g/mol. The van der Waals surface area contributed by atoms with Crippen LogP contribution < -0.4 is 0 Å². The third-order valence-corrected chi connectivity index (χ3v) is 14.2. The summed E-state index contributed by atoms with van der Waals surface area (Å²) < 4.78 is 53.5. The molecule has 7 aliphatic rings. The fourth-order valence-electron chi connectivity index (χ4n) is 10.6. The van der Waals surface area contributed by atoms with E-state index in [0.29, 0.717) is 37.8 Å². The molecule has 5 aliphatic heterocycles. The Kier molecular flexibility index (Phi) is 44.1. The molecule has 1 N–H and O–H groups in total. The Balaban J connectivity index is -0.00000129. The maximum absolute atomic E-state index is 12.3. The number of aliphatic hydroxyl groups is 1. The lowest BCUT2D eigenvalue weighted by atomic mass is 9.76. The smallest absolute Gasteiger partial charge is 0.293 e. The molecule has 0 aromatic heterocycles. The van der Waals surface area contributed by atoms with E-state index in [0.717, 1.165) is 77.1 Å². The molecule has 12 nitrogen and oxygen atoms in total. The predicted octanol–water partition coefficient (Wildman–Crippen LogP) is 13.9. The van der Waals surface area contributed by atoms with Gasteiger partial charge in [0, 0.05) is 59.5 Å². The van der Waals surface area contributed by atoms with Crippen molar-refractivity contribution in [1.82, 2.24) is 0 Å². The van der Waals surface area contributed by atoms with Gasteiger partial charge in [0.2, 0.25) is 0 Å². The van der Waals surface area contributed by atoms with E-state index in [2.05, 4.69) is 52.9 Å². The van der Waals surface area contributed by atoms with Crippen molar-refractivity contribution in [2.75, 3.05) is 34.5 Å². The second-order valence-corrected chi connectivity index (χ2v) is 18.7. The highest BCUT2D eigenvalue weighted by Crippen LogP contribution is 2.46. The molecule has 0 bridgehead atoms. The summed E-state index contributed by atoms with van der Waals surface area (Å²) in [6.45, 7) is 25.8. The zero-order chi connectivity index (χ0) is 52.6. The molecule has 73 heavy (non-hydrogen) atoms. The van der Waals surface area contributed by atoms with E-state index in [9.17, 15) is 9.59 Å². The van der Waals surface area contributed by atoms with Crippen LogP contribution in [0.3, 0.4) is 0 Å². The van der Waals surface area contributed by atoms with Crippen LogP contribution in [0.1, 0.15) is 201 Å². The number of Topliss-reactive ketones (excluding diaryl/α,β-unsaturated/α-hetero) is 1. The Bertz CT molecular complexity index is 1510. The number of hydrogen-bond donors (Lipinski definition) is 1. The Morgan fingerprint density at radius 1 is 0.877 bits per heavy atom. The monoisotopic (exact) mass is 1040 g/mol. The second kappa shape index (κ2) is 42.9. The normalized spacial score (nSPS) is 33.2. The van der Waals surface area contributed by atoms with Gasteiger partial charge in [0.1, 0.15) is 18.3 Å². The highest BCUT2D eigenvalue weighted by Gasteiger charge is 2.50. The summed E-state index contributed by atoms with van der Waals surface area (Å²) in [6, 6.07) is 0. The van der Waals surface area contributed by atoms with E-state index in [1.807, 2.05) is 61.5 Å². The van der Waals surface area contributed by atoms with E-state index in [1.165, 1.54) is 50.1 Å². The van der Waals surface area contributed by atoms with Crippen LogP contribution in [-0.2, 0) is 52.2 Å². The lowest BCUT2D eigenvalue weighted by Gasteiger charge is -2.51. The van der Waals surface area contributed by atoms with E-state index in [1.54, 1.807) is 14.2 Å². The molecular weight excluding hydrogens is 923 g/mol. The number of carbonyl (C=O) groups excluding carboxylic acids is 2. The third kappa shape index (κ3) is 24.3. The first kappa shape index (κ1) is 75.0. The number of ketones is 1. The van der Waals surface area contributed by atoms with E-state index in [-0.39, 0.29) is 95.2 Å². The standard InChI is InChI=1S/C35H50O6.C14H26O5.3C2H6.CH3B.CH4O.3CH4/c1-24(10-6-4-9-13-28-22-38-34-31(28)17-15-25(2)32(34)37)14-16-29-20-30(39-23-36)21-35(40-29)19-18-26(3)33(41-35)27-11-7-5-8-12-27;1-9-7-11(15-3)8-13(18-9)19-14-10(2)17-6-5-12(14)16-4;5*1-2;;;/h4,9,13-15,23,26-27,29-31,33-34H,5-8,10-12,16-22H2,1-3H3;9-14H,5-8H2,1-4H3;3*1-2H3;1H3;2H,1H3;3*1H4/b9-4+,24-14+,28-13+;;;;;;;;;/t26-,29?,30?,31?,33?,34?,35?;9?,10?,11-,12+,13?,14?;;;;;;;;/m00......../s1. The summed E-state index contributed by atoms with van der Waals surface area (Å²) in [5, 5.41) is 7.00. The van der Waals surface area contributed by atoms with Gasteiger partial charge in [-0.25, -0.2) is 0 Å². The van der Waals surface area contributed by atoms with E-state index < -0.39 is 5.79 Å². The molecule has 1 spiro atoms. The summed E-state index contributed by atoms with van der Waals surface area (Å²) in [4.78, 5) is 23.6. The third-order valence-electron chi connectivity index (χ3n) is 14.2. The minimum absolute atomic E-state index is 0. The Morgan fingerprint density at radius 3 is 2.18 bits per heavy atom. The summed E-state index contributed by atoms with van der Waals surface area (Å²) in [5.41, 5.74) is 3.38. The predicted molar refractivity (Wildman–Crippen MR) is 303 cm³/mol. The van der Waals surface area contributed by atoms with Gasteiger partial charge >= 0.3 is 0 Å². The molecule has 10 unspecified atom stereocenters. The van der Waals surface area contributed by atoms with Crippen molar-refractivity contribution in [3.8, 4) is 0 Å². The van der Waals surface area contributed by atoms with Crippen LogP contribution in [0, 0.1) is 17.8 Å². The van der Waals surface area contributed by atoms with Gasteiger partial charge in [-0.2, -0.15) is 0 Å². The zero-order valence-corrected chi connectivity index (χ0v) is 46.7. The van der Waals surface area contributed by atoms with Crippen molar-refractivity contribution < 1.29 is 57.3 Å². The van der Waals surface area contributed by atoms with Crippen LogP contribution in [0.5, 0.6) is 0 Å². The molecule has 5 saturated heterocycles. The Labute approximate surface area is 450 Å². The van der Waals surface area contributed by atoms with Gasteiger partial charge in [-0.3, -0.25) is 9.59 Å². The van der Waals surface area contributed by atoms with Crippen LogP contribution in [0.4, 0.5) is 0 Å². The average Bonchev–Trinajstić information content (AvgIpc) is 3.82. The summed E-state index contributed by atoms with van der Waals surface area (Å²) in [7, 11) is 8.96. The SMILES string of the molecule is C.C.C.CC.CC.CC.CC1=CCC2/C(=C/C=C/CC/C(C)=C/CC3CC(OC=O)CC4(CC[C@H](C)C(C5CCCCC5)O4)O3)COC2C1=O.CO.CO[C@H]1CC(C)OC(OC2C(C)OCC[C@H]2OC)C1.[B]C. The van der Waals surface area contributed by atoms with Crippen molar-refractivity contribution >= 4 is 20.1 Å². The molecule has 5 heterocycles. The van der Waals surface area contributed by atoms with Gasteiger partial charge in [0.25, 0.3) is 6.47 Å². The molecule has 0 aromatic rings. The molecular formula is C60H113BO12. The van der Waals surface area contributed by atoms with Crippen molar-refractivity contribution in [1.29, 1.82) is 0 Å². The molecule has 7 rings (SSSR count). The minimum Gasteiger partial charge on any atom is -0.464 e. The maximum atomic E-state index is 12.3. The maximum Gasteiger partial charge on any atom is 0.293 e. The number of aliphatic hydroxyl groups excluding tert-OH is 1. The molecule has 2 aliphatic carbocycles. The van der Waals surface area contributed by atoms with Crippen molar-refractivity contribution in [2.24, 2.45) is 17.8 Å². The molecule has 2 radical (unpaired) electrons. The molecule has 13 heteroatoms. The Morgan fingerprint density at radius 2 is 1.55 bits per heavy atom. The quantitative estimate of drug-likeness (QED) is 0.107. The topological polar surface area (TPSA) is 137 Å². The van der Waals surface area contributed by atoms with E-state index >= 15 is 0 Å². The van der Waals surface area contributed by atoms with Crippen LogP contribution >= 0.6 is 0 Å². The lowest BCUT2D eigenvalue weighted by Crippen LogP contribution is -2.55. The number of allylic oxidation sites excluding steroid dienone is 5.